The van der Waals surface area contributed by atoms with Crippen LogP contribution in [0.1, 0.15) is 26.2 Å². The summed E-state index contributed by atoms with van der Waals surface area (Å²) in [6.45, 7) is 2.07. The molecule has 2 atom stereocenters. The minimum atomic E-state index is -0.289. The monoisotopic (exact) mass is 312 g/mol. The number of urea groups is 1. The van der Waals surface area contributed by atoms with E-state index in [1.165, 1.54) is 7.11 Å². The minimum Gasteiger partial charge on any atom is -0.495 e. The van der Waals surface area contributed by atoms with Gasteiger partial charge in [0.2, 0.25) is 0 Å². The lowest BCUT2D eigenvalue weighted by Gasteiger charge is -2.30. The van der Waals surface area contributed by atoms with Crippen LogP contribution in [0, 0.1) is 5.41 Å². The number of aliphatic hydroxyl groups excluding tert-OH is 1. The van der Waals surface area contributed by atoms with Crippen LogP contribution >= 0.6 is 11.6 Å². The Morgan fingerprint density at radius 3 is 2.95 bits per heavy atom. The van der Waals surface area contributed by atoms with Crippen LogP contribution in [0.5, 0.6) is 5.75 Å². The molecule has 0 saturated heterocycles. The number of amides is 2. The summed E-state index contributed by atoms with van der Waals surface area (Å²) < 4.78 is 5.07. The number of anilines is 1. The molecule has 3 N–H and O–H groups in total. The van der Waals surface area contributed by atoms with Crippen LogP contribution in [0.3, 0.4) is 0 Å². The van der Waals surface area contributed by atoms with Gasteiger partial charge in [-0.25, -0.2) is 4.79 Å². The van der Waals surface area contributed by atoms with E-state index in [0.717, 1.165) is 19.3 Å². The number of ether oxygens (including phenoxy) is 1. The average molecular weight is 313 g/mol. The number of halogens is 1. The molecule has 1 fully saturated rings. The SMILES string of the molecule is COc1ccc(NC(=O)NC2CCCC2(C)CO)cc1Cl. The van der Waals surface area contributed by atoms with Gasteiger partial charge in [-0.2, -0.15) is 0 Å². The van der Waals surface area contributed by atoms with Crippen LogP contribution in [-0.4, -0.2) is 30.9 Å². The van der Waals surface area contributed by atoms with Gasteiger partial charge in [-0.1, -0.05) is 24.9 Å². The number of benzene rings is 1. The Morgan fingerprint density at radius 1 is 1.57 bits per heavy atom. The molecule has 1 aliphatic rings. The molecule has 0 aromatic heterocycles. The molecule has 1 aromatic carbocycles. The molecular weight excluding hydrogens is 292 g/mol. The summed E-state index contributed by atoms with van der Waals surface area (Å²) in [7, 11) is 1.54. The first kappa shape index (κ1) is 15.9. The summed E-state index contributed by atoms with van der Waals surface area (Å²) >= 11 is 6.02. The van der Waals surface area contributed by atoms with Crippen molar-refractivity contribution in [2.75, 3.05) is 19.0 Å². The number of methoxy groups -OCH3 is 1. The zero-order valence-corrected chi connectivity index (χ0v) is 13.0. The predicted molar refractivity (Wildman–Crippen MR) is 83.0 cm³/mol. The van der Waals surface area contributed by atoms with Gasteiger partial charge in [-0.15, -0.1) is 0 Å². The summed E-state index contributed by atoms with van der Waals surface area (Å²) in [4.78, 5) is 12.1. The van der Waals surface area contributed by atoms with Crippen molar-refractivity contribution in [3.8, 4) is 5.75 Å². The van der Waals surface area contributed by atoms with E-state index in [9.17, 15) is 9.90 Å². The highest BCUT2D eigenvalue weighted by atomic mass is 35.5. The van der Waals surface area contributed by atoms with E-state index < -0.39 is 0 Å². The summed E-state index contributed by atoms with van der Waals surface area (Å²) in [5.74, 6) is 0.561. The lowest BCUT2D eigenvalue weighted by molar-refractivity contribution is 0.122. The Kier molecular flexibility index (Phi) is 4.96. The predicted octanol–water partition coefficient (Wildman–Crippen LogP) is 3.02. The summed E-state index contributed by atoms with van der Waals surface area (Å²) in [5.41, 5.74) is 0.358. The van der Waals surface area contributed by atoms with E-state index in [4.69, 9.17) is 16.3 Å². The van der Waals surface area contributed by atoms with Crippen molar-refractivity contribution in [3.63, 3.8) is 0 Å². The van der Waals surface area contributed by atoms with E-state index in [1.807, 2.05) is 6.92 Å². The lowest BCUT2D eigenvalue weighted by atomic mass is 9.86. The molecule has 0 heterocycles. The van der Waals surface area contributed by atoms with Crippen LogP contribution in [0.15, 0.2) is 18.2 Å². The van der Waals surface area contributed by atoms with E-state index in [0.29, 0.717) is 16.5 Å². The van der Waals surface area contributed by atoms with Crippen molar-refractivity contribution in [2.45, 2.75) is 32.2 Å². The van der Waals surface area contributed by atoms with Gasteiger partial charge in [0.15, 0.2) is 0 Å². The van der Waals surface area contributed by atoms with Crippen LogP contribution in [0.25, 0.3) is 0 Å². The third-order valence-corrected chi connectivity index (χ3v) is 4.45. The third-order valence-electron chi connectivity index (χ3n) is 4.16. The Balaban J connectivity index is 1.97. The number of rotatable bonds is 4. The van der Waals surface area contributed by atoms with Crippen molar-refractivity contribution >= 4 is 23.3 Å². The molecule has 2 rings (SSSR count). The first-order valence-electron chi connectivity index (χ1n) is 7.00. The van der Waals surface area contributed by atoms with Gasteiger partial charge in [-0.05, 0) is 31.0 Å². The Bertz CT molecular complexity index is 524. The van der Waals surface area contributed by atoms with E-state index >= 15 is 0 Å². The fourth-order valence-electron chi connectivity index (χ4n) is 2.74. The molecule has 1 aromatic rings. The smallest absolute Gasteiger partial charge is 0.319 e. The molecule has 0 radical (unpaired) electrons. The first-order chi connectivity index (χ1) is 9.98. The first-order valence-corrected chi connectivity index (χ1v) is 7.38. The maximum Gasteiger partial charge on any atom is 0.319 e. The van der Waals surface area contributed by atoms with Gasteiger partial charge in [-0.3, -0.25) is 0 Å². The second-order valence-corrected chi connectivity index (χ2v) is 6.11. The minimum absolute atomic E-state index is 0.0174. The molecule has 1 saturated carbocycles. The van der Waals surface area contributed by atoms with Crippen molar-refractivity contribution in [1.29, 1.82) is 0 Å². The van der Waals surface area contributed by atoms with Gasteiger partial charge in [0.1, 0.15) is 5.75 Å². The normalized spacial score (nSPS) is 24.7. The highest BCUT2D eigenvalue weighted by Gasteiger charge is 2.39. The molecule has 21 heavy (non-hydrogen) atoms. The highest BCUT2D eigenvalue weighted by Crippen LogP contribution is 2.37. The second kappa shape index (κ2) is 6.54. The average Bonchev–Trinajstić information content (AvgIpc) is 2.81. The summed E-state index contributed by atoms with van der Waals surface area (Å²) in [6, 6.07) is 4.76. The van der Waals surface area contributed by atoms with Crippen LogP contribution in [0.2, 0.25) is 5.02 Å². The van der Waals surface area contributed by atoms with E-state index in [2.05, 4.69) is 10.6 Å². The van der Waals surface area contributed by atoms with Crippen molar-refractivity contribution in [1.82, 2.24) is 5.32 Å². The summed E-state index contributed by atoms with van der Waals surface area (Å²) in [5, 5.41) is 15.6. The van der Waals surface area contributed by atoms with Gasteiger partial charge < -0.3 is 20.5 Å². The molecule has 2 unspecified atom stereocenters. The molecule has 0 bridgehead atoms. The maximum atomic E-state index is 12.1. The fourth-order valence-corrected chi connectivity index (χ4v) is 3.00. The zero-order valence-electron chi connectivity index (χ0n) is 12.3. The third kappa shape index (κ3) is 3.60. The van der Waals surface area contributed by atoms with E-state index in [-0.39, 0.29) is 24.1 Å². The Morgan fingerprint density at radius 2 is 2.33 bits per heavy atom. The second-order valence-electron chi connectivity index (χ2n) is 5.70. The number of hydrogen-bond acceptors (Lipinski definition) is 3. The number of nitrogens with one attached hydrogen (secondary N) is 2. The Labute approximate surface area is 129 Å². The van der Waals surface area contributed by atoms with Gasteiger partial charge in [0.25, 0.3) is 0 Å². The number of carbonyl (C=O) groups is 1. The molecule has 6 heteroatoms. The lowest BCUT2D eigenvalue weighted by Crippen LogP contribution is -2.46. The van der Waals surface area contributed by atoms with Crippen LogP contribution < -0.4 is 15.4 Å². The number of hydrogen-bond donors (Lipinski definition) is 3. The summed E-state index contributed by atoms with van der Waals surface area (Å²) in [6.07, 6.45) is 2.81. The molecule has 1 aliphatic carbocycles. The highest BCUT2D eigenvalue weighted by molar-refractivity contribution is 6.32. The molecule has 5 nitrogen and oxygen atoms in total. The topological polar surface area (TPSA) is 70.6 Å². The Hall–Kier alpha value is -1.46. The molecule has 0 spiro atoms. The zero-order chi connectivity index (χ0) is 15.5. The van der Waals surface area contributed by atoms with Gasteiger partial charge in [0.05, 0.1) is 18.7 Å². The van der Waals surface area contributed by atoms with Crippen LogP contribution in [0.4, 0.5) is 10.5 Å². The number of carbonyl (C=O) groups excluding carboxylic acids is 1. The molecule has 2 amide bonds. The van der Waals surface area contributed by atoms with Crippen molar-refractivity contribution < 1.29 is 14.6 Å². The van der Waals surface area contributed by atoms with Gasteiger partial charge in [0, 0.05) is 17.1 Å². The molecule has 0 aliphatic heterocycles. The van der Waals surface area contributed by atoms with Crippen molar-refractivity contribution in [2.24, 2.45) is 5.41 Å². The van der Waals surface area contributed by atoms with E-state index in [1.54, 1.807) is 18.2 Å². The standard InChI is InChI=1S/C15H21ClN2O3/c1-15(9-19)7-3-4-13(15)18-14(20)17-10-5-6-12(21-2)11(16)8-10/h5-6,8,13,19H,3-4,7,9H2,1-2H3,(H2,17,18,20). The molecule has 116 valence electrons. The van der Waals surface area contributed by atoms with Crippen LogP contribution in [-0.2, 0) is 0 Å². The van der Waals surface area contributed by atoms with Gasteiger partial charge >= 0.3 is 6.03 Å². The largest absolute Gasteiger partial charge is 0.495 e. The van der Waals surface area contributed by atoms with Crippen molar-refractivity contribution in [3.05, 3.63) is 23.2 Å². The fraction of sp³-hybridized carbons (Fsp3) is 0.533. The molecular formula is C15H21ClN2O3. The maximum absolute atomic E-state index is 12.1. The quantitative estimate of drug-likeness (QED) is 0.800. The number of aliphatic hydroxyl groups is 1.